The first kappa shape index (κ1) is 21.3. The maximum atomic E-state index is 11.0. The second-order valence-electron chi connectivity index (χ2n) is 8.26. The van der Waals surface area contributed by atoms with Gasteiger partial charge >= 0.3 is 0 Å². The zero-order valence-corrected chi connectivity index (χ0v) is 17.5. The average Bonchev–Trinajstić information content (AvgIpc) is 3.03. The summed E-state index contributed by atoms with van der Waals surface area (Å²) in [7, 11) is 0. The first-order valence-corrected chi connectivity index (χ1v) is 10.7. The van der Waals surface area contributed by atoms with E-state index in [0.717, 1.165) is 16.7 Å². The Morgan fingerprint density at radius 1 is 0.812 bits per heavy atom. The molecule has 0 aromatic heterocycles. The molecule has 3 aromatic carbocycles. The molecule has 0 radical (unpaired) electrons. The van der Waals surface area contributed by atoms with Crippen LogP contribution in [-0.2, 0) is 19.8 Å². The van der Waals surface area contributed by atoms with Crippen molar-refractivity contribution in [2.24, 2.45) is 0 Å². The molecule has 5 unspecified atom stereocenters. The molecule has 6 heteroatoms. The molecular formula is C26H26O6. The topological polar surface area (TPSA) is 88.4 Å². The second-order valence-corrected chi connectivity index (χ2v) is 8.26. The van der Waals surface area contributed by atoms with E-state index in [0.29, 0.717) is 0 Å². The van der Waals surface area contributed by atoms with Gasteiger partial charge in [0.05, 0.1) is 13.2 Å². The Bertz CT molecular complexity index is 931. The predicted octanol–water partition coefficient (Wildman–Crippen LogP) is 2.20. The fourth-order valence-corrected chi connectivity index (χ4v) is 4.70. The molecule has 2 bridgehead atoms. The van der Waals surface area contributed by atoms with E-state index in [-0.39, 0.29) is 13.2 Å². The molecule has 166 valence electrons. The molecule has 2 saturated heterocycles. The van der Waals surface area contributed by atoms with Gasteiger partial charge in [-0.1, -0.05) is 91.0 Å². The van der Waals surface area contributed by atoms with Crippen molar-refractivity contribution in [3.63, 3.8) is 0 Å². The Kier molecular flexibility index (Phi) is 5.59. The first-order chi connectivity index (χ1) is 15.6. The predicted molar refractivity (Wildman–Crippen MR) is 117 cm³/mol. The fraction of sp³-hybridized carbons (Fsp3) is 0.308. The van der Waals surface area contributed by atoms with E-state index in [1.165, 1.54) is 0 Å². The van der Waals surface area contributed by atoms with Crippen molar-refractivity contribution in [1.29, 1.82) is 0 Å². The molecule has 0 saturated carbocycles. The minimum Gasteiger partial charge on any atom is -0.387 e. The summed E-state index contributed by atoms with van der Waals surface area (Å²) in [5.74, 6) is -2.04. The minimum atomic E-state index is -2.04. The lowest BCUT2D eigenvalue weighted by Gasteiger charge is -2.41. The maximum absolute atomic E-state index is 11.0. The molecule has 5 rings (SSSR count). The van der Waals surface area contributed by atoms with Crippen LogP contribution in [-0.4, -0.2) is 58.7 Å². The molecule has 3 aromatic rings. The molecule has 0 aliphatic carbocycles. The monoisotopic (exact) mass is 434 g/mol. The number of aliphatic hydroxyl groups excluding tert-OH is 2. The van der Waals surface area contributed by atoms with E-state index in [1.54, 1.807) is 0 Å². The van der Waals surface area contributed by atoms with Gasteiger partial charge in [0.1, 0.15) is 30.0 Å². The molecule has 32 heavy (non-hydrogen) atoms. The summed E-state index contributed by atoms with van der Waals surface area (Å²) >= 11 is 0. The van der Waals surface area contributed by atoms with Crippen LogP contribution in [0.5, 0.6) is 0 Å². The van der Waals surface area contributed by atoms with Crippen molar-refractivity contribution in [2.75, 3.05) is 13.2 Å². The van der Waals surface area contributed by atoms with Crippen LogP contribution in [0.4, 0.5) is 0 Å². The van der Waals surface area contributed by atoms with Gasteiger partial charge in [0.15, 0.2) is 0 Å². The fourth-order valence-electron chi connectivity index (χ4n) is 4.70. The summed E-state index contributed by atoms with van der Waals surface area (Å²) in [6.45, 7) is -0.0186. The Morgan fingerprint density at radius 3 is 1.75 bits per heavy atom. The highest BCUT2D eigenvalue weighted by molar-refractivity contribution is 5.47. The van der Waals surface area contributed by atoms with Gasteiger partial charge in [0.2, 0.25) is 5.79 Å². The highest BCUT2D eigenvalue weighted by Crippen LogP contribution is 2.43. The second kappa shape index (κ2) is 8.41. The van der Waals surface area contributed by atoms with Gasteiger partial charge in [-0.25, -0.2) is 0 Å². The molecule has 3 N–H and O–H groups in total. The number of ether oxygens (including phenoxy) is 3. The van der Waals surface area contributed by atoms with Gasteiger partial charge in [0, 0.05) is 0 Å². The highest BCUT2D eigenvalue weighted by Gasteiger charge is 2.61. The van der Waals surface area contributed by atoms with E-state index in [2.05, 4.69) is 0 Å². The van der Waals surface area contributed by atoms with Crippen LogP contribution >= 0.6 is 0 Å². The van der Waals surface area contributed by atoms with E-state index >= 15 is 0 Å². The molecular weight excluding hydrogens is 408 g/mol. The zero-order chi connectivity index (χ0) is 22.2. The Morgan fingerprint density at radius 2 is 1.28 bits per heavy atom. The highest BCUT2D eigenvalue weighted by atomic mass is 16.7. The van der Waals surface area contributed by atoms with E-state index < -0.39 is 35.8 Å². The van der Waals surface area contributed by atoms with Gasteiger partial charge in [-0.15, -0.1) is 0 Å². The Labute approximate surface area is 186 Å². The SMILES string of the molecule is OC1C2COC(COC(c3ccccc3)(c3ccccc3)c3ccccc3)C(O)(O2)C1O. The third-order valence-corrected chi connectivity index (χ3v) is 6.38. The number of hydrogen-bond acceptors (Lipinski definition) is 6. The summed E-state index contributed by atoms with van der Waals surface area (Å²) in [5, 5.41) is 31.6. The largest absolute Gasteiger partial charge is 0.387 e. The van der Waals surface area contributed by atoms with Gasteiger partial charge in [0.25, 0.3) is 0 Å². The third kappa shape index (κ3) is 3.36. The lowest BCUT2D eigenvalue weighted by molar-refractivity contribution is -0.328. The van der Waals surface area contributed by atoms with Crippen LogP contribution < -0.4 is 0 Å². The Balaban J connectivity index is 1.58. The lowest BCUT2D eigenvalue weighted by atomic mass is 9.80. The van der Waals surface area contributed by atoms with Gasteiger partial charge in [-0.2, -0.15) is 0 Å². The number of aliphatic hydroxyl groups is 3. The van der Waals surface area contributed by atoms with Crippen molar-refractivity contribution >= 4 is 0 Å². The first-order valence-electron chi connectivity index (χ1n) is 10.7. The van der Waals surface area contributed by atoms with Crippen molar-refractivity contribution in [3.05, 3.63) is 108 Å². The number of rotatable bonds is 6. The van der Waals surface area contributed by atoms with Crippen LogP contribution in [0, 0.1) is 0 Å². The molecule has 2 aliphatic rings. The third-order valence-electron chi connectivity index (χ3n) is 6.38. The molecule has 5 atom stereocenters. The average molecular weight is 434 g/mol. The molecule has 2 aliphatic heterocycles. The summed E-state index contributed by atoms with van der Waals surface area (Å²) in [6, 6.07) is 29.5. The maximum Gasteiger partial charge on any atom is 0.224 e. The van der Waals surface area contributed by atoms with Crippen LogP contribution in [0.25, 0.3) is 0 Å². The summed E-state index contributed by atoms with van der Waals surface area (Å²) in [4.78, 5) is 0. The molecule has 2 heterocycles. The van der Waals surface area contributed by atoms with Crippen molar-refractivity contribution in [3.8, 4) is 0 Å². The van der Waals surface area contributed by atoms with Crippen LogP contribution in [0.1, 0.15) is 16.7 Å². The van der Waals surface area contributed by atoms with Crippen LogP contribution in [0.3, 0.4) is 0 Å². The van der Waals surface area contributed by atoms with E-state index in [4.69, 9.17) is 14.2 Å². The summed E-state index contributed by atoms with van der Waals surface area (Å²) < 4.78 is 18.0. The normalized spacial score (nSPS) is 29.7. The molecule has 0 spiro atoms. The standard InChI is InChI=1S/C26H26O6/c27-23-21-16-30-22(26(29,32-21)24(23)28)17-31-25(18-10-4-1-5-11-18,19-12-6-2-7-13-19)20-14-8-3-9-15-20/h1-15,21-24,27-29H,16-17H2. The molecule has 0 amide bonds. The smallest absolute Gasteiger partial charge is 0.224 e. The van der Waals surface area contributed by atoms with Crippen molar-refractivity contribution in [1.82, 2.24) is 0 Å². The summed E-state index contributed by atoms with van der Waals surface area (Å²) in [6.07, 6.45) is -4.45. The van der Waals surface area contributed by atoms with Crippen molar-refractivity contribution in [2.45, 2.75) is 35.8 Å². The van der Waals surface area contributed by atoms with Gasteiger partial charge in [-0.3, -0.25) is 0 Å². The number of fused-ring (bicyclic) bond motifs is 2. The van der Waals surface area contributed by atoms with E-state index in [1.807, 2.05) is 91.0 Å². The molecule has 2 fully saturated rings. The van der Waals surface area contributed by atoms with Gasteiger partial charge in [-0.05, 0) is 16.7 Å². The Hall–Kier alpha value is -2.58. The molecule has 6 nitrogen and oxygen atoms in total. The number of benzene rings is 3. The summed E-state index contributed by atoms with van der Waals surface area (Å²) in [5.41, 5.74) is 1.73. The number of hydrogen-bond donors (Lipinski definition) is 3. The van der Waals surface area contributed by atoms with Crippen LogP contribution in [0.2, 0.25) is 0 Å². The van der Waals surface area contributed by atoms with Crippen molar-refractivity contribution < 1.29 is 29.5 Å². The van der Waals surface area contributed by atoms with E-state index in [9.17, 15) is 15.3 Å². The zero-order valence-electron chi connectivity index (χ0n) is 17.5. The lowest BCUT2D eigenvalue weighted by Crippen LogP contribution is -2.57. The quantitative estimate of drug-likeness (QED) is 0.516. The van der Waals surface area contributed by atoms with Gasteiger partial charge < -0.3 is 29.5 Å². The van der Waals surface area contributed by atoms with Crippen LogP contribution in [0.15, 0.2) is 91.0 Å². The minimum absolute atomic E-state index is 0.0591.